The fourth-order valence-electron chi connectivity index (χ4n) is 3.21. The first-order chi connectivity index (χ1) is 14.7. The van der Waals surface area contributed by atoms with E-state index in [1.54, 1.807) is 19.6 Å². The highest BCUT2D eigenvalue weighted by molar-refractivity contribution is 7.14. The van der Waals surface area contributed by atoms with Gasteiger partial charge in [-0.25, -0.2) is 4.98 Å². The minimum atomic E-state index is -0.188. The monoisotopic (exact) mass is 422 g/mol. The minimum absolute atomic E-state index is 0.188. The second kappa shape index (κ2) is 8.87. The van der Waals surface area contributed by atoms with E-state index in [2.05, 4.69) is 26.7 Å². The van der Waals surface area contributed by atoms with Crippen molar-refractivity contribution in [1.82, 2.24) is 15.3 Å². The van der Waals surface area contributed by atoms with Crippen molar-refractivity contribution in [3.05, 3.63) is 65.3 Å². The molecule has 3 N–H and O–H groups in total. The summed E-state index contributed by atoms with van der Waals surface area (Å²) in [5.74, 6) is 1.08. The van der Waals surface area contributed by atoms with E-state index < -0.39 is 0 Å². The Morgan fingerprint density at radius 3 is 2.80 bits per heavy atom. The molecule has 0 fully saturated rings. The molecular formula is C22H22N4O3S. The number of amides is 1. The Hall–Kier alpha value is -3.52. The lowest BCUT2D eigenvalue weighted by Gasteiger charge is -2.09. The molecular weight excluding hydrogens is 400 g/mol. The molecule has 0 aliphatic rings. The normalized spacial score (nSPS) is 10.7. The summed E-state index contributed by atoms with van der Waals surface area (Å²) in [4.78, 5) is 20.1. The molecule has 0 atom stereocenters. The number of hydrogen-bond acceptors (Lipinski definition) is 6. The summed E-state index contributed by atoms with van der Waals surface area (Å²) in [5, 5.41) is 9.68. The van der Waals surface area contributed by atoms with Crippen LogP contribution in [-0.2, 0) is 6.42 Å². The van der Waals surface area contributed by atoms with Gasteiger partial charge in [-0.2, -0.15) is 0 Å². The maximum atomic E-state index is 12.4. The molecule has 0 aliphatic heterocycles. The third-order valence-electron chi connectivity index (χ3n) is 4.73. The number of hydrogen-bond donors (Lipinski definition) is 3. The van der Waals surface area contributed by atoms with Crippen LogP contribution in [-0.4, -0.2) is 36.6 Å². The van der Waals surface area contributed by atoms with E-state index in [1.165, 1.54) is 22.3 Å². The first kappa shape index (κ1) is 19.8. The van der Waals surface area contributed by atoms with Crippen LogP contribution in [0.3, 0.4) is 0 Å². The predicted molar refractivity (Wildman–Crippen MR) is 119 cm³/mol. The molecule has 7 nitrogen and oxygen atoms in total. The van der Waals surface area contributed by atoms with Crippen LogP contribution >= 0.6 is 11.3 Å². The zero-order chi connectivity index (χ0) is 20.9. The summed E-state index contributed by atoms with van der Waals surface area (Å²) in [7, 11) is 3.18. The molecule has 8 heteroatoms. The van der Waals surface area contributed by atoms with Crippen LogP contribution in [0.25, 0.3) is 10.9 Å². The standard InChI is InChI=1S/C22H22N4O3S/c1-28-19-8-7-15(11-20(19)29-2)25-22-26-18(13-30-22)21(27)23-10-9-14-12-24-17-6-4-3-5-16(14)17/h3-8,11-13,24H,9-10H2,1-2H3,(H,23,27)(H,25,26). The molecule has 0 spiro atoms. The number of fused-ring (bicyclic) bond motifs is 1. The number of aromatic amines is 1. The summed E-state index contributed by atoms with van der Waals surface area (Å²) >= 11 is 1.37. The van der Waals surface area contributed by atoms with Crippen molar-refractivity contribution in [2.45, 2.75) is 6.42 Å². The Morgan fingerprint density at radius 1 is 1.13 bits per heavy atom. The summed E-state index contributed by atoms with van der Waals surface area (Å²) < 4.78 is 10.6. The van der Waals surface area contributed by atoms with E-state index in [0.717, 1.165) is 17.6 Å². The van der Waals surface area contributed by atoms with Crippen LogP contribution in [0.15, 0.2) is 54.0 Å². The minimum Gasteiger partial charge on any atom is -0.493 e. The van der Waals surface area contributed by atoms with Gasteiger partial charge in [0.05, 0.1) is 14.2 Å². The van der Waals surface area contributed by atoms with Gasteiger partial charge in [0.2, 0.25) is 0 Å². The molecule has 2 aromatic heterocycles. The van der Waals surface area contributed by atoms with Crippen molar-refractivity contribution in [3.8, 4) is 11.5 Å². The van der Waals surface area contributed by atoms with E-state index >= 15 is 0 Å². The van der Waals surface area contributed by atoms with E-state index in [0.29, 0.717) is 28.9 Å². The van der Waals surface area contributed by atoms with Crippen LogP contribution < -0.4 is 20.1 Å². The van der Waals surface area contributed by atoms with Crippen molar-refractivity contribution < 1.29 is 14.3 Å². The van der Waals surface area contributed by atoms with Gasteiger partial charge < -0.3 is 25.1 Å². The molecule has 154 valence electrons. The molecule has 0 saturated carbocycles. The quantitative estimate of drug-likeness (QED) is 0.393. The van der Waals surface area contributed by atoms with Crippen LogP contribution in [0.5, 0.6) is 11.5 Å². The maximum Gasteiger partial charge on any atom is 0.270 e. The lowest BCUT2D eigenvalue weighted by Crippen LogP contribution is -2.25. The van der Waals surface area contributed by atoms with Crippen LogP contribution in [0, 0.1) is 0 Å². The molecule has 4 rings (SSSR count). The SMILES string of the molecule is COc1ccc(Nc2nc(C(=O)NCCc3c[nH]c4ccccc34)cs2)cc1OC. The van der Waals surface area contributed by atoms with Gasteiger partial charge in [0.1, 0.15) is 5.69 Å². The van der Waals surface area contributed by atoms with Crippen molar-refractivity contribution in [2.75, 3.05) is 26.1 Å². The van der Waals surface area contributed by atoms with Crippen molar-refractivity contribution in [1.29, 1.82) is 0 Å². The smallest absolute Gasteiger partial charge is 0.270 e. The fourth-order valence-corrected chi connectivity index (χ4v) is 3.92. The topological polar surface area (TPSA) is 88.3 Å². The summed E-state index contributed by atoms with van der Waals surface area (Å²) in [6.07, 6.45) is 2.74. The Labute approximate surface area is 178 Å². The number of carbonyl (C=O) groups excluding carboxylic acids is 1. The first-order valence-electron chi connectivity index (χ1n) is 9.45. The van der Waals surface area contributed by atoms with Crippen LogP contribution in [0.1, 0.15) is 16.1 Å². The van der Waals surface area contributed by atoms with Crippen molar-refractivity contribution >= 4 is 39.0 Å². The number of benzene rings is 2. The van der Waals surface area contributed by atoms with E-state index in [9.17, 15) is 4.79 Å². The summed E-state index contributed by atoms with van der Waals surface area (Å²) in [6.45, 7) is 0.538. The third kappa shape index (κ3) is 4.23. The molecule has 0 radical (unpaired) electrons. The molecule has 4 aromatic rings. The van der Waals surface area contributed by atoms with E-state index in [-0.39, 0.29) is 5.91 Å². The predicted octanol–water partition coefficient (Wildman–Crippen LogP) is 4.36. The number of rotatable bonds is 8. The largest absolute Gasteiger partial charge is 0.493 e. The molecule has 0 saturated heterocycles. The number of ether oxygens (including phenoxy) is 2. The molecule has 30 heavy (non-hydrogen) atoms. The Balaban J connectivity index is 1.35. The third-order valence-corrected chi connectivity index (χ3v) is 5.48. The van der Waals surface area contributed by atoms with Gasteiger partial charge in [-0.1, -0.05) is 18.2 Å². The number of para-hydroxylation sites is 1. The number of methoxy groups -OCH3 is 2. The van der Waals surface area contributed by atoms with Gasteiger partial charge in [0, 0.05) is 40.8 Å². The second-order valence-corrected chi connectivity index (χ2v) is 7.46. The molecule has 1 amide bonds. The van der Waals surface area contributed by atoms with E-state index in [4.69, 9.17) is 9.47 Å². The lowest BCUT2D eigenvalue weighted by molar-refractivity contribution is 0.0950. The molecule has 0 unspecified atom stereocenters. The number of nitrogens with one attached hydrogen (secondary N) is 3. The fraction of sp³-hybridized carbons (Fsp3) is 0.182. The number of nitrogens with zero attached hydrogens (tertiary/aromatic N) is 1. The highest BCUT2D eigenvalue weighted by Crippen LogP contribution is 2.31. The highest BCUT2D eigenvalue weighted by atomic mass is 32.1. The number of carbonyl (C=O) groups is 1. The molecule has 0 aliphatic carbocycles. The molecule has 2 aromatic carbocycles. The van der Waals surface area contributed by atoms with Gasteiger partial charge in [-0.05, 0) is 30.2 Å². The van der Waals surface area contributed by atoms with Crippen LogP contribution in [0.4, 0.5) is 10.8 Å². The summed E-state index contributed by atoms with van der Waals surface area (Å²) in [5.41, 5.74) is 3.47. The Kier molecular flexibility index (Phi) is 5.85. The number of aromatic nitrogens is 2. The molecule has 2 heterocycles. The Morgan fingerprint density at radius 2 is 1.97 bits per heavy atom. The average Bonchev–Trinajstić information content (AvgIpc) is 3.41. The molecule has 0 bridgehead atoms. The average molecular weight is 423 g/mol. The lowest BCUT2D eigenvalue weighted by atomic mass is 10.1. The number of H-pyrrole nitrogens is 1. The van der Waals surface area contributed by atoms with Gasteiger partial charge >= 0.3 is 0 Å². The van der Waals surface area contributed by atoms with Crippen molar-refractivity contribution in [3.63, 3.8) is 0 Å². The highest BCUT2D eigenvalue weighted by Gasteiger charge is 2.12. The second-order valence-electron chi connectivity index (χ2n) is 6.60. The van der Waals surface area contributed by atoms with Crippen LogP contribution in [0.2, 0.25) is 0 Å². The first-order valence-corrected chi connectivity index (χ1v) is 10.3. The Bertz CT molecular complexity index is 1170. The van der Waals surface area contributed by atoms with Gasteiger partial charge in [0.15, 0.2) is 16.6 Å². The summed E-state index contributed by atoms with van der Waals surface area (Å²) in [6, 6.07) is 13.6. The maximum absolute atomic E-state index is 12.4. The van der Waals surface area contributed by atoms with Crippen molar-refractivity contribution in [2.24, 2.45) is 0 Å². The zero-order valence-corrected chi connectivity index (χ0v) is 17.5. The van der Waals surface area contributed by atoms with E-state index in [1.807, 2.05) is 42.6 Å². The number of anilines is 2. The number of thiazole rings is 1. The zero-order valence-electron chi connectivity index (χ0n) is 16.7. The van der Waals surface area contributed by atoms with Gasteiger partial charge in [-0.15, -0.1) is 11.3 Å². The van der Waals surface area contributed by atoms with Gasteiger partial charge in [-0.3, -0.25) is 4.79 Å². The van der Waals surface area contributed by atoms with Gasteiger partial charge in [0.25, 0.3) is 5.91 Å².